The van der Waals surface area contributed by atoms with E-state index in [4.69, 9.17) is 5.73 Å². The number of hydrogen-bond acceptors (Lipinski definition) is 2. The fourth-order valence-corrected chi connectivity index (χ4v) is 2.64. The number of nitrogens with zero attached hydrogens (tertiary/aromatic N) is 1. The molecule has 0 aliphatic rings. The van der Waals surface area contributed by atoms with Crippen LogP contribution in [0.5, 0.6) is 0 Å². The monoisotopic (exact) mass is 374 g/mol. The average molecular weight is 375 g/mol. The minimum absolute atomic E-state index is 0. The summed E-state index contributed by atoms with van der Waals surface area (Å²) >= 11 is 4.24. The highest BCUT2D eigenvalue weighted by atomic mass is 79.9. The summed E-state index contributed by atoms with van der Waals surface area (Å²) in [7, 11) is 0. The van der Waals surface area contributed by atoms with E-state index in [2.05, 4.69) is 41.7 Å². The fraction of sp³-hybridized carbons (Fsp3) is 0.706. The number of aromatic nitrogens is 1. The Kier molecular flexibility index (Phi) is 14.8. The third kappa shape index (κ3) is 11.2. The maximum atomic E-state index is 5.59. The van der Waals surface area contributed by atoms with Gasteiger partial charge in [0.15, 0.2) is 12.4 Å². The molecule has 0 spiro atoms. The normalized spacial score (nSPS) is 10.4. The lowest BCUT2D eigenvalue weighted by Gasteiger charge is -2.01. The molecule has 0 aliphatic carbocycles. The topological polar surface area (TPSA) is 29.9 Å². The summed E-state index contributed by atoms with van der Waals surface area (Å²) < 4.78 is 2.26. The number of unbranched alkanes of at least 4 members (excludes halogenated alkanes) is 8. The molecule has 0 atom stereocenters. The van der Waals surface area contributed by atoms with Crippen LogP contribution in [0.3, 0.4) is 0 Å². The Labute approximate surface area is 146 Å². The van der Waals surface area contributed by atoms with Crippen molar-refractivity contribution in [1.29, 1.82) is 0 Å². The Morgan fingerprint density at radius 1 is 0.810 bits per heavy atom. The van der Waals surface area contributed by atoms with Crippen molar-refractivity contribution in [3.05, 3.63) is 30.1 Å². The predicted octanol–water partition coefficient (Wildman–Crippen LogP) is 0.877. The molecule has 1 rings (SSSR count). The van der Waals surface area contributed by atoms with E-state index in [-0.39, 0.29) is 17.0 Å². The van der Waals surface area contributed by atoms with Crippen LogP contribution in [0, 0.1) is 0 Å². The van der Waals surface area contributed by atoms with E-state index >= 15 is 0 Å². The van der Waals surface area contributed by atoms with Gasteiger partial charge in [0.1, 0.15) is 6.54 Å². The summed E-state index contributed by atoms with van der Waals surface area (Å²) in [5, 5.41) is 0. The van der Waals surface area contributed by atoms with Gasteiger partial charge < -0.3 is 22.7 Å². The number of hydrogen-bond donors (Lipinski definition) is 2. The lowest BCUT2D eigenvalue weighted by molar-refractivity contribution is -0.697. The van der Waals surface area contributed by atoms with Crippen LogP contribution in [0.4, 0.5) is 0 Å². The molecule has 0 aliphatic heterocycles. The summed E-state index contributed by atoms with van der Waals surface area (Å²) in [5.41, 5.74) is 6.80. The Balaban J connectivity index is 0.00000400. The molecule has 0 saturated heterocycles. The number of halogens is 1. The summed E-state index contributed by atoms with van der Waals surface area (Å²) in [6.07, 6.45) is 16.5. The second kappa shape index (κ2) is 14.9. The van der Waals surface area contributed by atoms with Crippen molar-refractivity contribution in [2.24, 2.45) is 5.73 Å². The molecule has 21 heavy (non-hydrogen) atoms. The van der Waals surface area contributed by atoms with Crippen molar-refractivity contribution >= 4 is 12.6 Å². The van der Waals surface area contributed by atoms with Crippen molar-refractivity contribution < 1.29 is 21.5 Å². The van der Waals surface area contributed by atoms with Gasteiger partial charge in [0.25, 0.3) is 0 Å². The molecular formula is C17H31BrN2S. The van der Waals surface area contributed by atoms with Crippen molar-refractivity contribution in [3.63, 3.8) is 0 Å². The molecule has 122 valence electrons. The van der Waals surface area contributed by atoms with Crippen LogP contribution in [0.1, 0.15) is 63.4 Å². The van der Waals surface area contributed by atoms with E-state index < -0.39 is 0 Å². The number of pyridine rings is 1. The lowest BCUT2D eigenvalue weighted by atomic mass is 10.1. The molecule has 2 N–H and O–H groups in total. The van der Waals surface area contributed by atoms with Gasteiger partial charge >= 0.3 is 0 Å². The van der Waals surface area contributed by atoms with E-state index in [1.54, 1.807) is 0 Å². The van der Waals surface area contributed by atoms with Gasteiger partial charge in [-0.3, -0.25) is 0 Å². The van der Waals surface area contributed by atoms with Crippen LogP contribution < -0.4 is 27.3 Å². The van der Waals surface area contributed by atoms with Crippen LogP contribution >= 0.6 is 12.6 Å². The second-order valence-corrected chi connectivity index (χ2v) is 6.00. The molecule has 1 heterocycles. The quantitative estimate of drug-likeness (QED) is 0.317. The first-order valence-corrected chi connectivity index (χ1v) is 8.79. The number of rotatable bonds is 12. The molecule has 0 bridgehead atoms. The molecule has 0 saturated carbocycles. The minimum Gasteiger partial charge on any atom is -1.00 e. The predicted molar refractivity (Wildman–Crippen MR) is 89.9 cm³/mol. The molecule has 0 radical (unpaired) electrons. The number of aryl methyl sites for hydroxylation is 1. The average Bonchev–Trinajstić information content (AvgIpc) is 2.50. The summed E-state index contributed by atoms with van der Waals surface area (Å²) in [6.45, 7) is 1.77. The van der Waals surface area contributed by atoms with Gasteiger partial charge in [-0.15, -0.1) is 0 Å². The highest BCUT2D eigenvalue weighted by Gasteiger charge is 2.00. The van der Waals surface area contributed by atoms with E-state index in [1.807, 2.05) is 0 Å². The molecule has 2 nitrogen and oxygen atoms in total. The van der Waals surface area contributed by atoms with Gasteiger partial charge in [0.05, 0.1) is 0 Å². The molecule has 0 aromatic carbocycles. The maximum absolute atomic E-state index is 5.59. The molecule has 0 fully saturated rings. The molecular weight excluding hydrogens is 344 g/mol. The molecule has 4 heteroatoms. The largest absolute Gasteiger partial charge is 1.00 e. The summed E-state index contributed by atoms with van der Waals surface area (Å²) in [6, 6.07) is 4.23. The van der Waals surface area contributed by atoms with Gasteiger partial charge in [-0.2, -0.15) is 12.6 Å². The van der Waals surface area contributed by atoms with E-state index in [0.29, 0.717) is 6.54 Å². The summed E-state index contributed by atoms with van der Waals surface area (Å²) in [5.74, 6) is 1.05. The third-order valence-electron chi connectivity index (χ3n) is 3.77. The highest BCUT2D eigenvalue weighted by Crippen LogP contribution is 2.09. The second-order valence-electron chi connectivity index (χ2n) is 5.55. The van der Waals surface area contributed by atoms with Crippen LogP contribution in [0.15, 0.2) is 24.5 Å². The van der Waals surface area contributed by atoms with Gasteiger partial charge in [0.2, 0.25) is 0 Å². The first kappa shape index (κ1) is 20.9. The summed E-state index contributed by atoms with van der Waals surface area (Å²) in [4.78, 5) is 0. The molecule has 1 aromatic rings. The van der Waals surface area contributed by atoms with Crippen LogP contribution in [-0.4, -0.2) is 5.75 Å². The van der Waals surface area contributed by atoms with Crippen molar-refractivity contribution in [3.8, 4) is 0 Å². The number of nitrogens with two attached hydrogens (primary N) is 1. The van der Waals surface area contributed by atoms with Crippen molar-refractivity contribution in [1.82, 2.24) is 0 Å². The van der Waals surface area contributed by atoms with Gasteiger partial charge in [-0.05, 0) is 24.2 Å². The number of thiol groups is 1. The Morgan fingerprint density at radius 3 is 1.76 bits per heavy atom. The zero-order valence-corrected chi connectivity index (χ0v) is 15.6. The van der Waals surface area contributed by atoms with Gasteiger partial charge in [-0.1, -0.05) is 38.5 Å². The molecule has 0 amide bonds. The Morgan fingerprint density at radius 2 is 1.29 bits per heavy atom. The molecule has 0 unspecified atom stereocenters. The van der Waals surface area contributed by atoms with Gasteiger partial charge in [0, 0.05) is 25.1 Å². The lowest BCUT2D eigenvalue weighted by Crippen LogP contribution is -3.00. The SMILES string of the molecule is NCc1cc[n+](CCCCCCCCCCCS)cc1.[Br-]. The maximum Gasteiger partial charge on any atom is 0.169 e. The minimum atomic E-state index is 0. The zero-order chi connectivity index (χ0) is 14.5. The van der Waals surface area contributed by atoms with E-state index in [0.717, 1.165) is 12.3 Å². The standard InChI is InChI=1S/C17H30N2S.BrH/c18-16-17-10-13-19(14-11-17)12-8-6-4-2-1-3-5-7-9-15-20;/h10-11,13-14H,1-9,12,15-16,18H2;1H. The highest BCUT2D eigenvalue weighted by molar-refractivity contribution is 7.80. The third-order valence-corrected chi connectivity index (χ3v) is 4.09. The van der Waals surface area contributed by atoms with Crippen LogP contribution in [0.2, 0.25) is 0 Å². The van der Waals surface area contributed by atoms with Crippen LogP contribution in [0.25, 0.3) is 0 Å². The first-order chi connectivity index (χ1) is 9.86. The van der Waals surface area contributed by atoms with E-state index in [9.17, 15) is 0 Å². The fourth-order valence-electron chi connectivity index (χ4n) is 2.42. The zero-order valence-electron chi connectivity index (χ0n) is 13.1. The first-order valence-electron chi connectivity index (χ1n) is 8.15. The Hall–Kier alpha value is -0.0600. The van der Waals surface area contributed by atoms with Gasteiger partial charge in [-0.25, -0.2) is 4.57 Å². The molecule has 1 aromatic heterocycles. The van der Waals surface area contributed by atoms with Crippen LogP contribution in [-0.2, 0) is 13.1 Å². The van der Waals surface area contributed by atoms with Crippen molar-refractivity contribution in [2.45, 2.75) is 70.9 Å². The Bertz CT molecular complexity index is 330. The smallest absolute Gasteiger partial charge is 0.169 e. The van der Waals surface area contributed by atoms with E-state index in [1.165, 1.54) is 63.4 Å². The van der Waals surface area contributed by atoms with Crippen molar-refractivity contribution in [2.75, 3.05) is 5.75 Å².